The molecule has 1 aliphatic carbocycles. The molecule has 0 bridgehead atoms. The van der Waals surface area contributed by atoms with E-state index in [0.29, 0.717) is 16.5 Å². The van der Waals surface area contributed by atoms with Crippen LogP contribution < -0.4 is 0 Å². The minimum atomic E-state index is -0.0436. The van der Waals surface area contributed by atoms with E-state index in [4.69, 9.17) is 21.4 Å². The summed E-state index contributed by atoms with van der Waals surface area (Å²) in [6.45, 7) is 44.1. The zero-order valence-corrected chi connectivity index (χ0v) is 35.9. The summed E-state index contributed by atoms with van der Waals surface area (Å²) < 4.78 is 0. The maximum absolute atomic E-state index is 13.6. The zero-order valence-electron chi connectivity index (χ0n) is 35.1. The molecule has 1 aromatic carbocycles. The number of aliphatic imine (C=N–C) groups is 2. The van der Waals surface area contributed by atoms with Gasteiger partial charge in [-0.3, -0.25) is 14.8 Å². The Bertz CT molecular complexity index is 1080. The van der Waals surface area contributed by atoms with E-state index in [-0.39, 0.29) is 11.9 Å². The largest absolute Gasteiger partial charge is 0.330 e. The zero-order chi connectivity index (χ0) is 40.1. The first-order valence-corrected chi connectivity index (χ1v) is 18.8. The monoisotopic (exact) mass is 704 g/mol. The highest BCUT2D eigenvalue weighted by molar-refractivity contribution is 6.32. The Morgan fingerprint density at radius 2 is 1.31 bits per heavy atom. The van der Waals surface area contributed by atoms with E-state index in [1.54, 1.807) is 6.08 Å². The third kappa shape index (κ3) is 25.6. The van der Waals surface area contributed by atoms with Crippen molar-refractivity contribution < 1.29 is 9.59 Å². The van der Waals surface area contributed by atoms with E-state index in [2.05, 4.69) is 50.7 Å². The van der Waals surface area contributed by atoms with Crippen LogP contribution in [0.3, 0.4) is 0 Å². The quantitative estimate of drug-likeness (QED) is 0.219. The molecule has 1 amide bonds. The Kier molecular flexibility index (Phi) is 48.8. The van der Waals surface area contributed by atoms with Gasteiger partial charge >= 0.3 is 0 Å². The second-order valence-corrected chi connectivity index (χ2v) is 10.2. The van der Waals surface area contributed by atoms with Gasteiger partial charge in [0.2, 0.25) is 0 Å². The van der Waals surface area contributed by atoms with Crippen molar-refractivity contribution in [2.24, 2.45) is 15.9 Å². The third-order valence-corrected chi connectivity index (χ3v) is 6.57. The van der Waals surface area contributed by atoms with Gasteiger partial charge in [-0.15, -0.1) is 19.7 Å². The Hall–Kier alpha value is -3.05. The van der Waals surface area contributed by atoms with Crippen LogP contribution >= 0.6 is 11.6 Å². The van der Waals surface area contributed by atoms with E-state index in [1.165, 1.54) is 18.4 Å². The normalized spacial score (nSPS) is 14.4. The Labute approximate surface area is 310 Å². The van der Waals surface area contributed by atoms with Crippen molar-refractivity contribution in [1.29, 1.82) is 0 Å². The van der Waals surface area contributed by atoms with Gasteiger partial charge in [0.1, 0.15) is 6.79 Å². The molecular weight excluding hydrogens is 626 g/mol. The van der Waals surface area contributed by atoms with Crippen molar-refractivity contribution >= 4 is 35.7 Å². The molecule has 0 unspecified atom stereocenters. The summed E-state index contributed by atoms with van der Waals surface area (Å²) in [6, 6.07) is 3.82. The molecule has 0 radical (unpaired) electrons. The van der Waals surface area contributed by atoms with Crippen molar-refractivity contribution in [3.63, 3.8) is 0 Å². The number of hydrogen-bond donors (Lipinski definition) is 0. The number of nitrogens with zero attached hydrogens (tertiary/aromatic N) is 3. The van der Waals surface area contributed by atoms with Crippen LogP contribution in [0.1, 0.15) is 151 Å². The lowest BCUT2D eigenvalue weighted by molar-refractivity contribution is -0.0980. The van der Waals surface area contributed by atoms with E-state index < -0.39 is 0 Å². The lowest BCUT2D eigenvalue weighted by Gasteiger charge is -2.36. The molecule has 5 nitrogen and oxygen atoms in total. The fraction of sp³-hybridized carbons (Fsp3) is 0.581. The summed E-state index contributed by atoms with van der Waals surface area (Å²) in [5, 5.41) is 0.642. The fourth-order valence-corrected chi connectivity index (χ4v) is 4.62. The summed E-state index contributed by atoms with van der Waals surface area (Å²) in [6.07, 6.45) is 11.4. The van der Waals surface area contributed by atoms with Crippen LogP contribution in [0.15, 0.2) is 71.4 Å². The predicted molar refractivity (Wildman–Crippen MR) is 227 cm³/mol. The maximum Gasteiger partial charge on any atom is 0.254 e. The highest BCUT2D eigenvalue weighted by Gasteiger charge is 2.31. The van der Waals surface area contributed by atoms with Crippen molar-refractivity contribution in [2.75, 3.05) is 13.6 Å². The number of carbonyl (C=O) groups is 2. The number of halogens is 1. The van der Waals surface area contributed by atoms with Gasteiger partial charge in [0.05, 0.1) is 11.8 Å². The fourth-order valence-electron chi connectivity index (χ4n) is 4.35. The van der Waals surface area contributed by atoms with E-state index >= 15 is 0 Å². The number of piperidine rings is 1. The van der Waals surface area contributed by atoms with Gasteiger partial charge in [-0.1, -0.05) is 92.5 Å². The van der Waals surface area contributed by atoms with Gasteiger partial charge in [0.25, 0.3) is 5.91 Å². The smallest absolute Gasteiger partial charge is 0.254 e. The number of likely N-dealkylation sites (tertiary alicyclic amines) is 1. The van der Waals surface area contributed by atoms with Crippen LogP contribution in [0.5, 0.6) is 0 Å². The first-order chi connectivity index (χ1) is 23.6. The molecule has 0 N–H and O–H groups in total. The van der Waals surface area contributed by atoms with Gasteiger partial charge in [0.15, 0.2) is 0 Å². The van der Waals surface area contributed by atoms with Crippen molar-refractivity contribution in [3.05, 3.63) is 83.1 Å². The molecule has 1 aliphatic heterocycles. The molecule has 1 atom stereocenters. The molecule has 49 heavy (non-hydrogen) atoms. The molecule has 1 aromatic rings. The summed E-state index contributed by atoms with van der Waals surface area (Å²) in [5.74, 6) is 0.619. The third-order valence-electron chi connectivity index (χ3n) is 6.18. The molecule has 2 aliphatic rings. The van der Waals surface area contributed by atoms with E-state index in [9.17, 15) is 4.79 Å². The number of carbonyl (C=O) groups excluding carboxylic acids is 2. The van der Waals surface area contributed by atoms with Crippen molar-refractivity contribution in [1.82, 2.24) is 4.90 Å². The highest BCUT2D eigenvalue weighted by atomic mass is 35.5. The second kappa shape index (κ2) is 41.1. The summed E-state index contributed by atoms with van der Waals surface area (Å²) in [4.78, 5) is 33.1. The molecule has 1 saturated heterocycles. The topological polar surface area (TPSA) is 62.1 Å². The van der Waals surface area contributed by atoms with Gasteiger partial charge in [-0.25, -0.2) is 0 Å². The minimum Gasteiger partial charge on any atom is -0.330 e. The summed E-state index contributed by atoms with van der Waals surface area (Å²) >= 11 is 6.39. The predicted octanol–water partition coefficient (Wildman–Crippen LogP) is 13.7. The van der Waals surface area contributed by atoms with Crippen LogP contribution in [0, 0.1) is 19.8 Å². The first-order valence-electron chi connectivity index (χ1n) is 18.4. The minimum absolute atomic E-state index is 0.0386. The standard InChI is InChI=1S/C27H36ClN3O.C3H6.5C2H6.C2H4.CH2O/c1-17(2)13-24(21-10-11-21)30-19(4)16-25(29-6)26-9-7-8-12-31(26)27(32)22-14-18(3)15-23(28)20(22)5;1-3-2;7*1-2/h13-16,21,26H,7-12H2,1-6H3;3H,1H2,2H3;5*1-2H3;1-2H2;1H2/b19-16+,29-25?,30-24?;;;;;;;;/t26-;;;;;;;;/m0......../s1. The molecule has 2 fully saturated rings. The van der Waals surface area contributed by atoms with Gasteiger partial charge in [-0.2, -0.15) is 0 Å². The molecule has 6 heteroatoms. The molecule has 284 valence electrons. The second-order valence-electron chi connectivity index (χ2n) is 9.80. The van der Waals surface area contributed by atoms with Crippen LogP contribution in [0.2, 0.25) is 5.02 Å². The van der Waals surface area contributed by atoms with Crippen LogP contribution in [-0.4, -0.2) is 48.7 Å². The maximum atomic E-state index is 13.6. The number of hydrogen-bond acceptors (Lipinski definition) is 4. The Balaban J connectivity index is -0.000000236. The number of rotatable bonds is 6. The first kappa shape index (κ1) is 58.2. The van der Waals surface area contributed by atoms with Crippen molar-refractivity contribution in [2.45, 2.75) is 149 Å². The Morgan fingerprint density at radius 3 is 1.71 bits per heavy atom. The SMILES string of the molecule is C=C.C=CC.C=O.CC.CC.CC.CC.CC.CN=C(/C=C(\C)N=C(C=C(C)C)C1CC1)[C@@H]1CCCCN1C(=O)c1cc(C)cc(Cl)c1C. The van der Waals surface area contributed by atoms with Gasteiger partial charge in [0, 0.05) is 41.5 Å². The van der Waals surface area contributed by atoms with E-state index in [0.717, 1.165) is 54.1 Å². The average Bonchev–Trinajstić information content (AvgIpc) is 4.00. The number of aryl methyl sites for hydroxylation is 1. The van der Waals surface area contributed by atoms with Crippen LogP contribution in [-0.2, 0) is 4.79 Å². The molecule has 1 saturated carbocycles. The lowest BCUT2D eigenvalue weighted by Crippen LogP contribution is -2.47. The molecule has 0 spiro atoms. The molecule has 1 heterocycles. The lowest BCUT2D eigenvalue weighted by atomic mass is 9.95. The molecule has 0 aromatic heterocycles. The molecule has 3 rings (SSSR count). The van der Waals surface area contributed by atoms with Crippen LogP contribution in [0.4, 0.5) is 0 Å². The van der Waals surface area contributed by atoms with Gasteiger partial charge in [-0.05, 0) is 109 Å². The number of allylic oxidation sites excluding steroid dienone is 4. The number of benzene rings is 1. The summed E-state index contributed by atoms with van der Waals surface area (Å²) in [5.41, 5.74) is 6.82. The molecular formula is C43H78ClN3O2. The van der Waals surface area contributed by atoms with Crippen LogP contribution in [0.25, 0.3) is 0 Å². The van der Waals surface area contributed by atoms with Gasteiger partial charge < -0.3 is 9.69 Å². The average molecular weight is 705 g/mol. The number of amides is 1. The Morgan fingerprint density at radius 1 is 0.837 bits per heavy atom. The van der Waals surface area contributed by atoms with Crippen molar-refractivity contribution in [3.8, 4) is 0 Å². The highest BCUT2D eigenvalue weighted by Crippen LogP contribution is 2.32. The summed E-state index contributed by atoms with van der Waals surface area (Å²) in [7, 11) is 1.81. The van der Waals surface area contributed by atoms with E-state index in [1.807, 2.05) is 128 Å².